The standard InChI is InChI=1S/C12H14N2O4/c1-8-3-2-4-10(12(8)14(17)18)13-6-9(7-13)5-11(15)16/h2-4,9H,5-7H2,1H3,(H,15,16). The van der Waals surface area contributed by atoms with Crippen LogP contribution >= 0.6 is 0 Å². The number of carbonyl (C=O) groups is 1. The van der Waals surface area contributed by atoms with E-state index >= 15 is 0 Å². The van der Waals surface area contributed by atoms with E-state index in [0.29, 0.717) is 24.3 Å². The maximum Gasteiger partial charge on any atom is 0.303 e. The first-order chi connectivity index (χ1) is 8.49. The van der Waals surface area contributed by atoms with E-state index in [0.717, 1.165) is 0 Å². The minimum absolute atomic E-state index is 0.0858. The fourth-order valence-electron chi connectivity index (χ4n) is 2.28. The SMILES string of the molecule is Cc1cccc(N2CC(CC(=O)O)C2)c1[N+](=O)[O-]. The summed E-state index contributed by atoms with van der Waals surface area (Å²) in [6.45, 7) is 2.84. The van der Waals surface area contributed by atoms with Crippen LogP contribution in [0.4, 0.5) is 11.4 Å². The molecule has 0 aliphatic carbocycles. The number of aryl methyl sites for hydroxylation is 1. The van der Waals surface area contributed by atoms with E-state index in [1.807, 2.05) is 4.90 Å². The predicted molar refractivity (Wildman–Crippen MR) is 65.8 cm³/mol. The summed E-state index contributed by atoms with van der Waals surface area (Å²) in [7, 11) is 0. The van der Waals surface area contributed by atoms with E-state index in [1.54, 1.807) is 25.1 Å². The van der Waals surface area contributed by atoms with Gasteiger partial charge in [-0.2, -0.15) is 0 Å². The molecule has 1 fully saturated rings. The number of nitro benzene ring substituents is 1. The Morgan fingerprint density at radius 3 is 2.78 bits per heavy atom. The van der Waals surface area contributed by atoms with Gasteiger partial charge < -0.3 is 10.0 Å². The Balaban J connectivity index is 2.14. The van der Waals surface area contributed by atoms with Crippen LogP contribution < -0.4 is 4.90 Å². The number of aliphatic carboxylic acids is 1. The summed E-state index contributed by atoms with van der Waals surface area (Å²) < 4.78 is 0. The Hall–Kier alpha value is -2.11. The van der Waals surface area contributed by atoms with Gasteiger partial charge in [0.2, 0.25) is 0 Å². The fraction of sp³-hybridized carbons (Fsp3) is 0.417. The van der Waals surface area contributed by atoms with Crippen molar-refractivity contribution >= 4 is 17.3 Å². The average molecular weight is 250 g/mol. The summed E-state index contributed by atoms with van der Waals surface area (Å²) in [5.74, 6) is -0.735. The van der Waals surface area contributed by atoms with Gasteiger partial charge in [-0.1, -0.05) is 12.1 Å². The molecule has 1 saturated heterocycles. The highest BCUT2D eigenvalue weighted by Crippen LogP contribution is 2.35. The number of anilines is 1. The number of rotatable bonds is 4. The van der Waals surface area contributed by atoms with Crippen LogP contribution in [0.2, 0.25) is 0 Å². The number of nitro groups is 1. The topological polar surface area (TPSA) is 83.7 Å². The summed E-state index contributed by atoms with van der Waals surface area (Å²) in [5, 5.41) is 19.7. The Morgan fingerprint density at radius 1 is 1.56 bits per heavy atom. The molecule has 0 saturated carbocycles. The van der Waals surface area contributed by atoms with E-state index in [1.165, 1.54) is 0 Å². The van der Waals surface area contributed by atoms with Crippen molar-refractivity contribution in [3.8, 4) is 0 Å². The van der Waals surface area contributed by atoms with Gasteiger partial charge in [0.25, 0.3) is 5.69 Å². The van der Waals surface area contributed by atoms with Gasteiger partial charge in [-0.05, 0) is 13.0 Å². The normalized spacial score (nSPS) is 15.3. The molecule has 1 heterocycles. The molecule has 0 spiro atoms. The lowest BCUT2D eigenvalue weighted by molar-refractivity contribution is -0.384. The second-order valence-electron chi connectivity index (χ2n) is 4.57. The highest BCUT2D eigenvalue weighted by Gasteiger charge is 2.33. The van der Waals surface area contributed by atoms with Crippen LogP contribution in [-0.4, -0.2) is 29.1 Å². The van der Waals surface area contributed by atoms with Crippen molar-refractivity contribution in [1.29, 1.82) is 0 Å². The highest BCUT2D eigenvalue weighted by molar-refractivity contribution is 5.70. The van der Waals surface area contributed by atoms with E-state index in [9.17, 15) is 14.9 Å². The molecular weight excluding hydrogens is 236 g/mol. The molecule has 6 nitrogen and oxygen atoms in total. The van der Waals surface area contributed by atoms with Crippen LogP contribution in [0.25, 0.3) is 0 Å². The number of hydrogen-bond acceptors (Lipinski definition) is 4. The second-order valence-corrected chi connectivity index (χ2v) is 4.57. The van der Waals surface area contributed by atoms with Crippen LogP contribution in [-0.2, 0) is 4.79 Å². The predicted octanol–water partition coefficient (Wildman–Crippen LogP) is 1.81. The summed E-state index contributed by atoms with van der Waals surface area (Å²) in [5.41, 5.74) is 1.33. The third kappa shape index (κ3) is 2.27. The molecule has 0 amide bonds. The molecule has 1 N–H and O–H groups in total. The molecule has 0 bridgehead atoms. The average Bonchev–Trinajstić information content (AvgIpc) is 2.21. The first kappa shape index (κ1) is 12.3. The first-order valence-corrected chi connectivity index (χ1v) is 5.69. The Morgan fingerprint density at radius 2 is 2.22 bits per heavy atom. The van der Waals surface area contributed by atoms with Crippen molar-refractivity contribution in [3.63, 3.8) is 0 Å². The molecule has 0 unspecified atom stereocenters. The van der Waals surface area contributed by atoms with Crippen molar-refractivity contribution in [2.45, 2.75) is 13.3 Å². The molecule has 6 heteroatoms. The smallest absolute Gasteiger partial charge is 0.303 e. The third-order valence-electron chi connectivity index (χ3n) is 3.16. The molecule has 18 heavy (non-hydrogen) atoms. The number of para-hydroxylation sites is 1. The minimum atomic E-state index is -0.821. The van der Waals surface area contributed by atoms with Crippen LogP contribution in [0.3, 0.4) is 0 Å². The number of hydrogen-bond donors (Lipinski definition) is 1. The third-order valence-corrected chi connectivity index (χ3v) is 3.16. The van der Waals surface area contributed by atoms with Gasteiger partial charge in [0.15, 0.2) is 0 Å². The molecule has 2 rings (SSSR count). The van der Waals surface area contributed by atoms with Crippen molar-refractivity contribution in [3.05, 3.63) is 33.9 Å². The van der Waals surface area contributed by atoms with E-state index in [4.69, 9.17) is 5.11 Å². The summed E-state index contributed by atoms with van der Waals surface area (Å²) in [6, 6.07) is 5.19. The molecule has 0 atom stereocenters. The summed E-state index contributed by atoms with van der Waals surface area (Å²) in [6.07, 6.45) is 0.121. The quantitative estimate of drug-likeness (QED) is 0.650. The van der Waals surface area contributed by atoms with Gasteiger partial charge >= 0.3 is 5.97 Å². The zero-order valence-electron chi connectivity index (χ0n) is 10.00. The van der Waals surface area contributed by atoms with E-state index in [2.05, 4.69) is 0 Å². The van der Waals surface area contributed by atoms with Crippen LogP contribution in [0.5, 0.6) is 0 Å². The van der Waals surface area contributed by atoms with Crippen molar-refractivity contribution in [2.24, 2.45) is 5.92 Å². The monoisotopic (exact) mass is 250 g/mol. The molecule has 1 aromatic carbocycles. The number of nitrogens with zero attached hydrogens (tertiary/aromatic N) is 2. The van der Waals surface area contributed by atoms with Gasteiger partial charge in [0, 0.05) is 24.6 Å². The lowest BCUT2D eigenvalue weighted by atomic mass is 9.95. The van der Waals surface area contributed by atoms with Crippen molar-refractivity contribution < 1.29 is 14.8 Å². The molecule has 0 aromatic heterocycles. The molecule has 1 aliphatic heterocycles. The lowest BCUT2D eigenvalue weighted by Gasteiger charge is -2.40. The molecule has 1 aliphatic rings. The number of benzene rings is 1. The Kier molecular flexibility index (Phi) is 3.18. The van der Waals surface area contributed by atoms with Gasteiger partial charge in [-0.15, -0.1) is 0 Å². The van der Waals surface area contributed by atoms with Crippen molar-refractivity contribution in [1.82, 2.24) is 0 Å². The number of carboxylic acid groups (broad SMARTS) is 1. The zero-order valence-corrected chi connectivity index (χ0v) is 10.00. The maximum atomic E-state index is 11.0. The lowest BCUT2D eigenvalue weighted by Crippen LogP contribution is -2.47. The molecule has 1 aromatic rings. The summed E-state index contributed by atoms with van der Waals surface area (Å²) >= 11 is 0. The fourth-order valence-corrected chi connectivity index (χ4v) is 2.28. The molecule has 96 valence electrons. The van der Waals surface area contributed by atoms with Gasteiger partial charge in [0.05, 0.1) is 11.3 Å². The van der Waals surface area contributed by atoms with Crippen LogP contribution in [0.1, 0.15) is 12.0 Å². The molecule has 0 radical (unpaired) electrons. The Labute approximate surface area is 104 Å². The highest BCUT2D eigenvalue weighted by atomic mass is 16.6. The van der Waals surface area contributed by atoms with Crippen molar-refractivity contribution in [2.75, 3.05) is 18.0 Å². The van der Waals surface area contributed by atoms with Gasteiger partial charge in [-0.25, -0.2) is 0 Å². The van der Waals surface area contributed by atoms with Crippen LogP contribution in [0.15, 0.2) is 18.2 Å². The van der Waals surface area contributed by atoms with E-state index < -0.39 is 5.97 Å². The molecular formula is C12H14N2O4. The first-order valence-electron chi connectivity index (χ1n) is 5.69. The zero-order chi connectivity index (χ0) is 13.3. The minimum Gasteiger partial charge on any atom is -0.481 e. The largest absolute Gasteiger partial charge is 0.481 e. The van der Waals surface area contributed by atoms with Crippen LogP contribution in [0, 0.1) is 23.0 Å². The maximum absolute atomic E-state index is 11.0. The Bertz CT molecular complexity index is 495. The van der Waals surface area contributed by atoms with E-state index in [-0.39, 0.29) is 22.9 Å². The number of carboxylic acids is 1. The van der Waals surface area contributed by atoms with Gasteiger partial charge in [-0.3, -0.25) is 14.9 Å². The van der Waals surface area contributed by atoms with Gasteiger partial charge in [0.1, 0.15) is 5.69 Å². The second kappa shape index (κ2) is 4.64. The summed E-state index contributed by atoms with van der Waals surface area (Å²) in [4.78, 5) is 23.1.